The molecule has 0 saturated carbocycles. The van der Waals surface area contributed by atoms with E-state index < -0.39 is 0 Å². The molecule has 1 fully saturated rings. The molecule has 0 aliphatic carbocycles. The van der Waals surface area contributed by atoms with Crippen LogP contribution in [0, 0.1) is 0 Å². The standard InChI is InChI=1S/C22H25N3O3/c1-27-19-11-9-15(14-20(19)28-2)10-12-21(26)25-13-5-8-18(25)22-23-16-6-3-4-7-17(16)24-22/h3-4,6-7,9,11,14,18H,5,8,10,12-13H2,1-2H3,(H,23,24). The van der Waals surface area contributed by atoms with Crippen molar-refractivity contribution in [3.8, 4) is 11.5 Å². The Bertz CT molecular complexity index is 949. The minimum Gasteiger partial charge on any atom is -0.493 e. The average molecular weight is 379 g/mol. The summed E-state index contributed by atoms with van der Waals surface area (Å²) in [6.45, 7) is 0.784. The van der Waals surface area contributed by atoms with Crippen molar-refractivity contribution in [2.45, 2.75) is 31.7 Å². The van der Waals surface area contributed by atoms with Crippen LogP contribution in [-0.4, -0.2) is 41.5 Å². The molecule has 0 spiro atoms. The zero-order chi connectivity index (χ0) is 19.5. The van der Waals surface area contributed by atoms with E-state index in [1.54, 1.807) is 14.2 Å². The molecular weight excluding hydrogens is 354 g/mol. The van der Waals surface area contributed by atoms with Crippen LogP contribution in [0.1, 0.15) is 36.7 Å². The highest BCUT2D eigenvalue weighted by Crippen LogP contribution is 2.32. The molecule has 1 unspecified atom stereocenters. The lowest BCUT2D eigenvalue weighted by molar-refractivity contribution is -0.132. The van der Waals surface area contributed by atoms with Gasteiger partial charge >= 0.3 is 0 Å². The van der Waals surface area contributed by atoms with Crippen LogP contribution in [0.2, 0.25) is 0 Å². The Morgan fingerprint density at radius 2 is 2.00 bits per heavy atom. The van der Waals surface area contributed by atoms with E-state index in [0.717, 1.165) is 41.8 Å². The number of ether oxygens (including phenoxy) is 2. The van der Waals surface area contributed by atoms with Gasteiger partial charge in [0, 0.05) is 13.0 Å². The van der Waals surface area contributed by atoms with E-state index in [0.29, 0.717) is 24.3 Å². The number of likely N-dealkylation sites (tertiary alicyclic amines) is 1. The molecule has 2 heterocycles. The molecule has 1 aromatic heterocycles. The largest absolute Gasteiger partial charge is 0.493 e. The quantitative estimate of drug-likeness (QED) is 0.706. The number of amides is 1. The van der Waals surface area contributed by atoms with Crippen LogP contribution in [0.5, 0.6) is 11.5 Å². The lowest BCUT2D eigenvalue weighted by Gasteiger charge is -2.23. The van der Waals surface area contributed by atoms with Gasteiger partial charge in [-0.2, -0.15) is 0 Å². The van der Waals surface area contributed by atoms with Gasteiger partial charge < -0.3 is 19.4 Å². The predicted octanol–water partition coefficient (Wildman–Crippen LogP) is 3.88. The summed E-state index contributed by atoms with van der Waals surface area (Å²) in [5.41, 5.74) is 3.02. The summed E-state index contributed by atoms with van der Waals surface area (Å²) in [7, 11) is 3.24. The Kier molecular flexibility index (Phi) is 5.19. The molecular formula is C22H25N3O3. The summed E-state index contributed by atoms with van der Waals surface area (Å²) in [6, 6.07) is 13.8. The van der Waals surface area contributed by atoms with Crippen molar-refractivity contribution >= 4 is 16.9 Å². The first-order valence-electron chi connectivity index (χ1n) is 9.64. The molecule has 0 bridgehead atoms. The van der Waals surface area contributed by atoms with Crippen LogP contribution in [0.4, 0.5) is 0 Å². The maximum absolute atomic E-state index is 12.9. The van der Waals surface area contributed by atoms with Crippen LogP contribution in [-0.2, 0) is 11.2 Å². The van der Waals surface area contributed by atoms with Gasteiger partial charge in [0.25, 0.3) is 0 Å². The Labute approximate surface area is 164 Å². The second kappa shape index (κ2) is 7.92. The maximum Gasteiger partial charge on any atom is 0.223 e. The van der Waals surface area contributed by atoms with Gasteiger partial charge in [0.2, 0.25) is 5.91 Å². The molecule has 1 aliphatic rings. The molecule has 0 radical (unpaired) electrons. The van der Waals surface area contributed by atoms with Crippen molar-refractivity contribution in [2.75, 3.05) is 20.8 Å². The molecule has 4 rings (SSSR count). The molecule has 146 valence electrons. The highest BCUT2D eigenvalue weighted by atomic mass is 16.5. The number of para-hydroxylation sites is 2. The summed E-state index contributed by atoms with van der Waals surface area (Å²) < 4.78 is 10.6. The molecule has 3 aromatic rings. The first kappa shape index (κ1) is 18.3. The number of hydrogen-bond acceptors (Lipinski definition) is 4. The van der Waals surface area contributed by atoms with E-state index in [1.807, 2.05) is 47.4 Å². The van der Waals surface area contributed by atoms with Crippen molar-refractivity contribution < 1.29 is 14.3 Å². The van der Waals surface area contributed by atoms with Gasteiger partial charge in [0.05, 0.1) is 31.3 Å². The number of hydrogen-bond donors (Lipinski definition) is 1. The van der Waals surface area contributed by atoms with Gasteiger partial charge in [-0.3, -0.25) is 4.79 Å². The number of fused-ring (bicyclic) bond motifs is 1. The Balaban J connectivity index is 1.45. The zero-order valence-corrected chi connectivity index (χ0v) is 16.3. The van der Waals surface area contributed by atoms with E-state index in [-0.39, 0.29) is 11.9 Å². The number of aryl methyl sites for hydroxylation is 1. The van der Waals surface area contributed by atoms with Crippen LogP contribution in [0.3, 0.4) is 0 Å². The smallest absolute Gasteiger partial charge is 0.223 e. The summed E-state index contributed by atoms with van der Waals surface area (Å²) in [5, 5.41) is 0. The molecule has 1 saturated heterocycles. The average Bonchev–Trinajstić information content (AvgIpc) is 3.38. The van der Waals surface area contributed by atoms with Crippen LogP contribution in [0.25, 0.3) is 11.0 Å². The predicted molar refractivity (Wildman–Crippen MR) is 108 cm³/mol. The minimum atomic E-state index is 0.0327. The number of imidazole rings is 1. The molecule has 2 aromatic carbocycles. The van der Waals surface area contributed by atoms with E-state index >= 15 is 0 Å². The van der Waals surface area contributed by atoms with Crippen molar-refractivity contribution in [3.63, 3.8) is 0 Å². The fourth-order valence-electron chi connectivity index (χ4n) is 3.91. The maximum atomic E-state index is 12.9. The summed E-state index contributed by atoms with van der Waals surface area (Å²) in [5.74, 6) is 2.44. The number of nitrogens with one attached hydrogen (secondary N) is 1. The number of H-pyrrole nitrogens is 1. The number of carbonyl (C=O) groups excluding carboxylic acids is 1. The topological polar surface area (TPSA) is 67.5 Å². The Morgan fingerprint density at radius 1 is 1.18 bits per heavy atom. The fraction of sp³-hybridized carbons (Fsp3) is 0.364. The number of aromatic amines is 1. The second-order valence-corrected chi connectivity index (χ2v) is 7.07. The lowest BCUT2D eigenvalue weighted by Crippen LogP contribution is -2.31. The van der Waals surface area contributed by atoms with Gasteiger partial charge in [-0.25, -0.2) is 4.98 Å². The molecule has 6 heteroatoms. The number of carbonyl (C=O) groups is 1. The van der Waals surface area contributed by atoms with Gasteiger partial charge in [-0.1, -0.05) is 18.2 Å². The first-order chi connectivity index (χ1) is 13.7. The van der Waals surface area contributed by atoms with E-state index in [2.05, 4.69) is 4.98 Å². The highest BCUT2D eigenvalue weighted by molar-refractivity contribution is 5.78. The molecule has 1 amide bonds. The van der Waals surface area contributed by atoms with Gasteiger partial charge in [-0.15, -0.1) is 0 Å². The minimum absolute atomic E-state index is 0.0327. The van der Waals surface area contributed by atoms with E-state index in [4.69, 9.17) is 14.5 Å². The molecule has 6 nitrogen and oxygen atoms in total. The summed E-state index contributed by atoms with van der Waals surface area (Å²) >= 11 is 0. The van der Waals surface area contributed by atoms with Gasteiger partial charge in [0.1, 0.15) is 5.82 Å². The van der Waals surface area contributed by atoms with Crippen LogP contribution >= 0.6 is 0 Å². The fourth-order valence-corrected chi connectivity index (χ4v) is 3.91. The lowest BCUT2D eigenvalue weighted by atomic mass is 10.1. The van der Waals surface area contributed by atoms with Crippen molar-refractivity contribution in [1.82, 2.24) is 14.9 Å². The second-order valence-electron chi connectivity index (χ2n) is 7.07. The number of benzene rings is 2. The van der Waals surface area contributed by atoms with Gasteiger partial charge in [0.15, 0.2) is 11.5 Å². The molecule has 1 aliphatic heterocycles. The molecule has 28 heavy (non-hydrogen) atoms. The molecule has 1 atom stereocenters. The third-order valence-corrected chi connectivity index (χ3v) is 5.37. The van der Waals surface area contributed by atoms with Gasteiger partial charge in [-0.05, 0) is 49.1 Å². The third kappa shape index (κ3) is 3.54. The number of methoxy groups -OCH3 is 2. The van der Waals surface area contributed by atoms with Crippen molar-refractivity contribution in [1.29, 1.82) is 0 Å². The normalized spacial score (nSPS) is 16.5. The summed E-state index contributed by atoms with van der Waals surface area (Å²) in [6.07, 6.45) is 3.08. The Morgan fingerprint density at radius 3 is 2.79 bits per heavy atom. The first-order valence-corrected chi connectivity index (χ1v) is 9.64. The van der Waals surface area contributed by atoms with Crippen molar-refractivity contribution in [3.05, 3.63) is 53.9 Å². The molecule has 1 N–H and O–H groups in total. The number of rotatable bonds is 6. The highest BCUT2D eigenvalue weighted by Gasteiger charge is 2.31. The summed E-state index contributed by atoms with van der Waals surface area (Å²) in [4.78, 5) is 23.0. The third-order valence-electron chi connectivity index (χ3n) is 5.37. The van der Waals surface area contributed by atoms with Crippen LogP contribution < -0.4 is 9.47 Å². The SMILES string of the molecule is COc1ccc(CCC(=O)N2CCCC2c2nc3ccccc3[nH]2)cc1OC. The van der Waals surface area contributed by atoms with Crippen LogP contribution in [0.15, 0.2) is 42.5 Å². The Hall–Kier alpha value is -3.02. The van der Waals surface area contributed by atoms with E-state index in [9.17, 15) is 4.79 Å². The van der Waals surface area contributed by atoms with Crippen molar-refractivity contribution in [2.24, 2.45) is 0 Å². The number of nitrogens with zero attached hydrogens (tertiary/aromatic N) is 2. The number of aromatic nitrogens is 2. The zero-order valence-electron chi connectivity index (χ0n) is 16.3. The van der Waals surface area contributed by atoms with E-state index in [1.165, 1.54) is 0 Å². The monoisotopic (exact) mass is 379 g/mol.